The molecule has 0 bridgehead atoms. The number of hydrogen-bond donors (Lipinski definition) is 2. The summed E-state index contributed by atoms with van der Waals surface area (Å²) in [5.74, 6) is -0.656. The first-order chi connectivity index (χ1) is 9.44. The maximum absolute atomic E-state index is 12.3. The number of amides is 2. The summed E-state index contributed by atoms with van der Waals surface area (Å²) >= 11 is 1.24. The lowest BCUT2D eigenvalue weighted by Gasteiger charge is -2.18. The zero-order valence-corrected chi connectivity index (χ0v) is 12.9. The lowest BCUT2D eigenvalue weighted by molar-refractivity contribution is -0.118. The number of likely N-dealkylation sites (N-methyl/N-ethyl adjacent to an activating group) is 1. The van der Waals surface area contributed by atoms with E-state index in [1.807, 2.05) is 18.7 Å². The van der Waals surface area contributed by atoms with Gasteiger partial charge in [0.2, 0.25) is 5.91 Å². The summed E-state index contributed by atoms with van der Waals surface area (Å²) < 4.78 is 0. The molecule has 1 aromatic rings. The number of carbonyl (C=O) groups excluding carboxylic acids is 2. The average molecular weight is 299 g/mol. The molecule has 0 saturated carbocycles. The fourth-order valence-corrected chi connectivity index (χ4v) is 2.84. The lowest BCUT2D eigenvalue weighted by Crippen LogP contribution is -2.38. The molecule has 0 aromatic carbocycles. The highest BCUT2D eigenvalue weighted by Gasteiger charge is 2.23. The normalized spacial score (nSPS) is 10.3. The summed E-state index contributed by atoms with van der Waals surface area (Å²) in [4.78, 5) is 31.3. The van der Waals surface area contributed by atoms with Crippen molar-refractivity contribution in [1.82, 2.24) is 9.88 Å². The van der Waals surface area contributed by atoms with Crippen molar-refractivity contribution in [3.05, 3.63) is 4.88 Å². The van der Waals surface area contributed by atoms with Gasteiger partial charge in [-0.25, -0.2) is 4.98 Å². The molecular formula is C12H21N5O2S. The minimum atomic E-state index is -0.549. The molecule has 0 unspecified atom stereocenters. The molecule has 1 heterocycles. The van der Waals surface area contributed by atoms with Crippen LogP contribution in [0.4, 0.5) is 10.9 Å². The highest BCUT2D eigenvalue weighted by Crippen LogP contribution is 2.29. The maximum Gasteiger partial charge on any atom is 0.268 e. The highest BCUT2D eigenvalue weighted by molar-refractivity contribution is 7.18. The van der Waals surface area contributed by atoms with Crippen LogP contribution in [0, 0.1) is 0 Å². The number of anilines is 2. The minimum Gasteiger partial charge on any atom is -0.382 e. The van der Waals surface area contributed by atoms with Gasteiger partial charge < -0.3 is 21.3 Å². The van der Waals surface area contributed by atoms with Crippen LogP contribution in [0.15, 0.2) is 0 Å². The summed E-state index contributed by atoms with van der Waals surface area (Å²) in [5, 5.41) is 0.714. The van der Waals surface area contributed by atoms with Gasteiger partial charge in [0.05, 0.1) is 6.54 Å². The van der Waals surface area contributed by atoms with E-state index in [1.54, 1.807) is 6.92 Å². The molecule has 2 amide bonds. The molecule has 4 N–H and O–H groups in total. The molecule has 0 atom stereocenters. The van der Waals surface area contributed by atoms with Crippen LogP contribution in [0.2, 0.25) is 0 Å². The molecule has 20 heavy (non-hydrogen) atoms. The third-order valence-electron chi connectivity index (χ3n) is 2.89. The van der Waals surface area contributed by atoms with E-state index in [0.717, 1.165) is 13.1 Å². The first-order valence-corrected chi connectivity index (χ1v) is 7.34. The van der Waals surface area contributed by atoms with Crippen molar-refractivity contribution >= 4 is 34.1 Å². The second-order valence-corrected chi connectivity index (χ2v) is 5.15. The zero-order valence-electron chi connectivity index (χ0n) is 12.0. The summed E-state index contributed by atoms with van der Waals surface area (Å²) in [5.41, 5.74) is 11.0. The Kier molecular flexibility index (Phi) is 5.75. The third kappa shape index (κ3) is 3.60. The van der Waals surface area contributed by atoms with E-state index in [1.165, 1.54) is 16.2 Å². The number of primary amides is 1. The maximum atomic E-state index is 12.3. The van der Waals surface area contributed by atoms with Crippen LogP contribution < -0.4 is 16.4 Å². The Bertz CT molecular complexity index is 484. The summed E-state index contributed by atoms with van der Waals surface area (Å²) in [6.45, 7) is 7.64. The van der Waals surface area contributed by atoms with Gasteiger partial charge >= 0.3 is 0 Å². The van der Waals surface area contributed by atoms with Gasteiger partial charge in [-0.1, -0.05) is 11.3 Å². The molecule has 7 nitrogen and oxygen atoms in total. The largest absolute Gasteiger partial charge is 0.382 e. The molecule has 112 valence electrons. The van der Waals surface area contributed by atoms with Gasteiger partial charge in [-0.3, -0.25) is 9.59 Å². The van der Waals surface area contributed by atoms with E-state index in [2.05, 4.69) is 4.98 Å². The lowest BCUT2D eigenvalue weighted by atomic mass is 10.4. The number of hydrogen-bond acceptors (Lipinski definition) is 6. The van der Waals surface area contributed by atoms with Crippen molar-refractivity contribution in [2.24, 2.45) is 5.73 Å². The standard InChI is InChI=1S/C12H21N5O2S/c1-4-16(5-2)12-15-10(14)9(20-12)11(19)17(6-3)7-8(13)18/h4-7,14H2,1-3H3,(H2,13,18). The number of rotatable bonds is 7. The first kappa shape index (κ1) is 16.2. The van der Waals surface area contributed by atoms with Crippen LogP contribution in [0.1, 0.15) is 30.4 Å². The molecule has 0 aliphatic heterocycles. The number of nitrogens with two attached hydrogens (primary N) is 2. The minimum absolute atomic E-state index is 0.118. The van der Waals surface area contributed by atoms with Crippen molar-refractivity contribution < 1.29 is 9.59 Å². The van der Waals surface area contributed by atoms with Gasteiger partial charge in [-0.15, -0.1) is 0 Å². The van der Waals surface area contributed by atoms with Crippen molar-refractivity contribution in [2.45, 2.75) is 20.8 Å². The van der Waals surface area contributed by atoms with Crippen LogP contribution in [-0.2, 0) is 4.79 Å². The van der Waals surface area contributed by atoms with Crippen molar-refractivity contribution in [3.63, 3.8) is 0 Å². The summed E-state index contributed by atoms with van der Waals surface area (Å²) in [6.07, 6.45) is 0. The smallest absolute Gasteiger partial charge is 0.268 e. The van der Waals surface area contributed by atoms with Crippen LogP contribution in [-0.4, -0.2) is 47.9 Å². The summed E-state index contributed by atoms with van der Waals surface area (Å²) in [7, 11) is 0. The van der Waals surface area contributed by atoms with E-state index >= 15 is 0 Å². The fraction of sp³-hybridized carbons (Fsp3) is 0.583. The molecule has 0 aliphatic carbocycles. The van der Waals surface area contributed by atoms with E-state index in [9.17, 15) is 9.59 Å². The van der Waals surface area contributed by atoms with Gasteiger partial charge in [0, 0.05) is 19.6 Å². The Morgan fingerprint density at radius 2 is 1.80 bits per heavy atom. The number of thiazole rings is 1. The molecule has 8 heteroatoms. The van der Waals surface area contributed by atoms with Gasteiger partial charge in [0.15, 0.2) is 5.13 Å². The Morgan fingerprint density at radius 3 is 2.25 bits per heavy atom. The second kappa shape index (κ2) is 7.09. The predicted octanol–water partition coefficient (Wildman–Crippen LogP) is 0.519. The highest BCUT2D eigenvalue weighted by atomic mass is 32.1. The zero-order chi connectivity index (χ0) is 15.3. The van der Waals surface area contributed by atoms with E-state index < -0.39 is 5.91 Å². The first-order valence-electron chi connectivity index (χ1n) is 6.53. The molecular weight excluding hydrogens is 278 g/mol. The molecule has 1 aromatic heterocycles. The quantitative estimate of drug-likeness (QED) is 0.763. The predicted molar refractivity (Wildman–Crippen MR) is 80.9 cm³/mol. The topological polar surface area (TPSA) is 106 Å². The Hall–Kier alpha value is -1.83. The van der Waals surface area contributed by atoms with Gasteiger partial charge in [0.1, 0.15) is 10.7 Å². The number of nitrogens with zero attached hydrogens (tertiary/aromatic N) is 3. The molecule has 0 radical (unpaired) electrons. The van der Waals surface area contributed by atoms with Crippen LogP contribution >= 0.6 is 11.3 Å². The Labute approximate surface area is 122 Å². The Morgan fingerprint density at radius 1 is 1.20 bits per heavy atom. The monoisotopic (exact) mass is 299 g/mol. The van der Waals surface area contributed by atoms with Gasteiger partial charge in [-0.05, 0) is 20.8 Å². The fourth-order valence-electron chi connectivity index (χ4n) is 1.76. The SMILES string of the molecule is CCN(CC(N)=O)C(=O)c1sc(N(CC)CC)nc1N. The molecule has 0 fully saturated rings. The van der Waals surface area contributed by atoms with Crippen LogP contribution in [0.5, 0.6) is 0 Å². The van der Waals surface area contributed by atoms with Crippen molar-refractivity contribution in [2.75, 3.05) is 36.8 Å². The molecule has 0 spiro atoms. The van der Waals surface area contributed by atoms with E-state index in [-0.39, 0.29) is 18.3 Å². The van der Waals surface area contributed by atoms with Crippen molar-refractivity contribution in [3.8, 4) is 0 Å². The van der Waals surface area contributed by atoms with Gasteiger partial charge in [-0.2, -0.15) is 0 Å². The summed E-state index contributed by atoms with van der Waals surface area (Å²) in [6, 6.07) is 0. The second-order valence-electron chi connectivity index (χ2n) is 4.17. The third-order valence-corrected chi connectivity index (χ3v) is 4.01. The average Bonchev–Trinajstić information content (AvgIpc) is 2.78. The molecule has 0 aliphatic rings. The van der Waals surface area contributed by atoms with Crippen molar-refractivity contribution in [1.29, 1.82) is 0 Å². The number of aromatic nitrogens is 1. The Balaban J connectivity index is 3.01. The number of nitrogen functional groups attached to an aromatic ring is 1. The molecule has 1 rings (SSSR count). The molecule has 0 saturated heterocycles. The van der Waals surface area contributed by atoms with Crippen LogP contribution in [0.25, 0.3) is 0 Å². The van der Waals surface area contributed by atoms with Crippen LogP contribution in [0.3, 0.4) is 0 Å². The van der Waals surface area contributed by atoms with E-state index in [0.29, 0.717) is 16.6 Å². The van der Waals surface area contributed by atoms with Gasteiger partial charge in [0.25, 0.3) is 5.91 Å². The van der Waals surface area contributed by atoms with E-state index in [4.69, 9.17) is 11.5 Å². The number of carbonyl (C=O) groups is 2.